The molecule has 6 nitrogen and oxygen atoms in total. The number of carbonyl (C=O) groups excluding carboxylic acids is 1. The number of benzene rings is 1. The lowest BCUT2D eigenvalue weighted by atomic mass is 9.99. The van der Waals surface area contributed by atoms with Crippen molar-refractivity contribution in [2.75, 3.05) is 18.0 Å². The Morgan fingerprint density at radius 2 is 1.79 bits per heavy atom. The number of hydrogen-bond acceptors (Lipinski definition) is 6. The van der Waals surface area contributed by atoms with E-state index in [1.54, 1.807) is 17.2 Å². The number of anilines is 1. The first-order valence-electron chi connectivity index (χ1n) is 11.5. The molecule has 2 saturated heterocycles. The zero-order valence-electron chi connectivity index (χ0n) is 19.2. The number of aromatic nitrogens is 2. The van der Waals surface area contributed by atoms with Crippen LogP contribution in [0.2, 0.25) is 0 Å². The molecule has 1 unspecified atom stereocenters. The fraction of sp³-hybridized carbons (Fsp3) is 0.308. The Bertz CT molecular complexity index is 1340. The molecule has 1 aromatic carbocycles. The summed E-state index contributed by atoms with van der Waals surface area (Å²) >= 11 is 6.83. The SMILES string of the molecule is CC1CCN(c2nc3ccccn3c(=O)c2C=C2SC(=S)N(C(C)c3ccccc3)C2=O)CC1. The zero-order valence-corrected chi connectivity index (χ0v) is 20.8. The van der Waals surface area contributed by atoms with Crippen LogP contribution in [0.15, 0.2) is 64.4 Å². The van der Waals surface area contributed by atoms with Gasteiger partial charge in [-0.05, 0) is 49.5 Å². The van der Waals surface area contributed by atoms with Crippen molar-refractivity contribution in [3.8, 4) is 0 Å². The van der Waals surface area contributed by atoms with Crippen LogP contribution in [-0.2, 0) is 4.79 Å². The molecular weight excluding hydrogens is 464 g/mol. The molecule has 1 amide bonds. The molecule has 174 valence electrons. The molecule has 0 saturated carbocycles. The van der Waals surface area contributed by atoms with Crippen LogP contribution in [0.4, 0.5) is 5.82 Å². The van der Waals surface area contributed by atoms with Gasteiger partial charge in [-0.2, -0.15) is 0 Å². The van der Waals surface area contributed by atoms with Gasteiger partial charge in [0.1, 0.15) is 15.8 Å². The molecule has 3 aromatic rings. The van der Waals surface area contributed by atoms with Gasteiger partial charge in [0, 0.05) is 19.3 Å². The monoisotopic (exact) mass is 490 g/mol. The van der Waals surface area contributed by atoms with Gasteiger partial charge in [-0.15, -0.1) is 0 Å². The zero-order chi connectivity index (χ0) is 23.8. The first-order valence-corrected chi connectivity index (χ1v) is 12.7. The van der Waals surface area contributed by atoms with E-state index in [4.69, 9.17) is 17.2 Å². The van der Waals surface area contributed by atoms with Gasteiger partial charge in [0.05, 0.1) is 16.5 Å². The summed E-state index contributed by atoms with van der Waals surface area (Å²) in [5, 5.41) is 0. The summed E-state index contributed by atoms with van der Waals surface area (Å²) in [5.41, 5.74) is 1.87. The number of thioether (sulfide) groups is 1. The lowest BCUT2D eigenvalue weighted by molar-refractivity contribution is -0.123. The Balaban J connectivity index is 1.57. The summed E-state index contributed by atoms with van der Waals surface area (Å²) in [5.74, 6) is 1.11. The number of carbonyl (C=O) groups is 1. The molecule has 34 heavy (non-hydrogen) atoms. The smallest absolute Gasteiger partial charge is 0.267 e. The van der Waals surface area contributed by atoms with Crippen molar-refractivity contribution in [1.29, 1.82) is 0 Å². The average Bonchev–Trinajstić information content (AvgIpc) is 3.14. The Hall–Kier alpha value is -2.97. The van der Waals surface area contributed by atoms with Crippen LogP contribution in [-0.4, -0.2) is 37.6 Å². The van der Waals surface area contributed by atoms with Crippen molar-refractivity contribution < 1.29 is 4.79 Å². The molecule has 4 heterocycles. The summed E-state index contributed by atoms with van der Waals surface area (Å²) in [6.45, 7) is 5.89. The van der Waals surface area contributed by atoms with E-state index < -0.39 is 0 Å². The summed E-state index contributed by atoms with van der Waals surface area (Å²) in [7, 11) is 0. The van der Waals surface area contributed by atoms with Crippen LogP contribution < -0.4 is 10.5 Å². The number of pyridine rings is 1. The third-order valence-electron chi connectivity index (χ3n) is 6.60. The van der Waals surface area contributed by atoms with Gasteiger partial charge < -0.3 is 4.90 Å². The van der Waals surface area contributed by atoms with Crippen LogP contribution in [0, 0.1) is 5.92 Å². The number of nitrogens with zero attached hydrogens (tertiary/aromatic N) is 4. The van der Waals surface area contributed by atoms with Crippen molar-refractivity contribution >= 4 is 51.7 Å². The minimum atomic E-state index is -0.196. The van der Waals surface area contributed by atoms with E-state index in [1.165, 1.54) is 16.2 Å². The number of amides is 1. The van der Waals surface area contributed by atoms with Gasteiger partial charge >= 0.3 is 0 Å². The van der Waals surface area contributed by atoms with Gasteiger partial charge in [-0.1, -0.05) is 67.3 Å². The van der Waals surface area contributed by atoms with Crippen LogP contribution in [0.3, 0.4) is 0 Å². The van der Waals surface area contributed by atoms with Crippen LogP contribution in [0.1, 0.15) is 43.9 Å². The Kier molecular flexibility index (Phi) is 6.27. The fourth-order valence-electron chi connectivity index (χ4n) is 4.50. The highest BCUT2D eigenvalue weighted by Crippen LogP contribution is 2.38. The van der Waals surface area contributed by atoms with Crippen molar-refractivity contribution in [3.05, 3.63) is 81.1 Å². The minimum Gasteiger partial charge on any atom is -0.356 e. The predicted octanol–water partition coefficient (Wildman–Crippen LogP) is 4.89. The van der Waals surface area contributed by atoms with Crippen molar-refractivity contribution in [3.63, 3.8) is 0 Å². The first-order chi connectivity index (χ1) is 16.4. The predicted molar refractivity (Wildman–Crippen MR) is 142 cm³/mol. The van der Waals surface area contributed by atoms with Crippen molar-refractivity contribution in [2.45, 2.75) is 32.7 Å². The molecule has 1 atom stereocenters. The molecule has 2 aromatic heterocycles. The standard InChI is InChI=1S/C26H26N4O2S2/c1-17-11-14-28(15-12-17)23-20(24(31)29-13-7-6-10-22(29)27-23)16-21-25(32)30(26(33)34-21)18(2)19-8-4-3-5-9-19/h3-10,13,16-18H,11-12,14-15H2,1-2H3. The van der Waals surface area contributed by atoms with Crippen molar-refractivity contribution in [2.24, 2.45) is 5.92 Å². The Morgan fingerprint density at radius 1 is 1.09 bits per heavy atom. The number of thiocarbonyl (C=S) groups is 1. The number of piperidine rings is 1. The first kappa shape index (κ1) is 22.8. The maximum Gasteiger partial charge on any atom is 0.267 e. The highest BCUT2D eigenvalue weighted by molar-refractivity contribution is 8.26. The molecule has 0 spiro atoms. The summed E-state index contributed by atoms with van der Waals surface area (Å²) < 4.78 is 2.03. The molecule has 2 aliphatic heterocycles. The number of fused-ring (bicyclic) bond motifs is 1. The highest BCUT2D eigenvalue weighted by atomic mass is 32.2. The summed E-state index contributed by atoms with van der Waals surface area (Å²) in [4.78, 5) is 36.1. The fourth-order valence-corrected chi connectivity index (χ4v) is 5.90. The average molecular weight is 491 g/mol. The molecule has 5 rings (SSSR count). The van der Waals surface area contributed by atoms with E-state index >= 15 is 0 Å². The number of hydrogen-bond donors (Lipinski definition) is 0. The molecular formula is C26H26N4O2S2. The molecule has 0 aliphatic carbocycles. The maximum atomic E-state index is 13.6. The van der Waals surface area contributed by atoms with Gasteiger partial charge in [-0.3, -0.25) is 18.9 Å². The minimum absolute atomic E-state index is 0.179. The van der Waals surface area contributed by atoms with E-state index in [0.29, 0.717) is 32.2 Å². The number of rotatable bonds is 4. The normalized spacial score (nSPS) is 19.4. The van der Waals surface area contributed by atoms with E-state index in [9.17, 15) is 9.59 Å². The molecule has 0 bridgehead atoms. The highest BCUT2D eigenvalue weighted by Gasteiger charge is 2.36. The molecule has 8 heteroatoms. The van der Waals surface area contributed by atoms with Crippen LogP contribution in [0.5, 0.6) is 0 Å². The van der Waals surface area contributed by atoms with E-state index in [2.05, 4.69) is 11.8 Å². The third kappa shape index (κ3) is 4.16. The van der Waals surface area contributed by atoms with Gasteiger partial charge in [0.15, 0.2) is 0 Å². The molecule has 2 fully saturated rings. The molecule has 2 aliphatic rings. The van der Waals surface area contributed by atoms with E-state index in [1.807, 2.05) is 55.5 Å². The summed E-state index contributed by atoms with van der Waals surface area (Å²) in [6.07, 6.45) is 5.50. The van der Waals surface area contributed by atoms with Crippen LogP contribution >= 0.6 is 24.0 Å². The summed E-state index contributed by atoms with van der Waals surface area (Å²) in [6, 6.07) is 15.1. The topological polar surface area (TPSA) is 57.9 Å². The second-order valence-corrected chi connectivity index (χ2v) is 10.6. The maximum absolute atomic E-state index is 13.6. The largest absolute Gasteiger partial charge is 0.356 e. The second-order valence-electron chi connectivity index (χ2n) is 8.89. The Labute approximate surface area is 208 Å². The lowest BCUT2D eigenvalue weighted by Gasteiger charge is -2.32. The lowest BCUT2D eigenvalue weighted by Crippen LogP contribution is -2.36. The van der Waals surface area contributed by atoms with Crippen LogP contribution in [0.25, 0.3) is 11.7 Å². The van der Waals surface area contributed by atoms with E-state index in [-0.39, 0.29) is 17.5 Å². The van der Waals surface area contributed by atoms with Gasteiger partial charge in [-0.25, -0.2) is 4.98 Å². The third-order valence-corrected chi connectivity index (χ3v) is 7.93. The Morgan fingerprint density at radius 3 is 2.53 bits per heavy atom. The van der Waals surface area contributed by atoms with Crippen molar-refractivity contribution in [1.82, 2.24) is 14.3 Å². The van der Waals surface area contributed by atoms with Gasteiger partial charge in [0.2, 0.25) is 0 Å². The molecule has 0 N–H and O–H groups in total. The van der Waals surface area contributed by atoms with E-state index in [0.717, 1.165) is 31.5 Å². The molecule has 0 radical (unpaired) electrons. The van der Waals surface area contributed by atoms with Gasteiger partial charge in [0.25, 0.3) is 11.5 Å². The quantitative estimate of drug-likeness (QED) is 0.383. The second kappa shape index (κ2) is 9.35.